The van der Waals surface area contributed by atoms with Crippen LogP contribution in [-0.2, 0) is 5.41 Å². The highest BCUT2D eigenvalue weighted by atomic mass is 15.1. The highest BCUT2D eigenvalue weighted by Crippen LogP contribution is 2.64. The van der Waals surface area contributed by atoms with Gasteiger partial charge in [0, 0.05) is 16.9 Å². The second-order valence-corrected chi connectivity index (χ2v) is 21.0. The molecule has 1 nitrogen and oxygen atoms in total. The molecule has 2 aliphatic carbocycles. The quantitative estimate of drug-likeness (QED) is 0.159. The lowest BCUT2D eigenvalue weighted by atomic mass is 9.70. The molecular formula is C75H45N. The summed E-state index contributed by atoms with van der Waals surface area (Å²) in [6.45, 7) is 0. The molecule has 0 heterocycles. The molecule has 17 rings (SSSR count). The van der Waals surface area contributed by atoms with Crippen molar-refractivity contribution >= 4 is 103 Å². The van der Waals surface area contributed by atoms with Crippen molar-refractivity contribution in [3.8, 4) is 33.4 Å². The van der Waals surface area contributed by atoms with Gasteiger partial charge in [-0.05, 0) is 179 Å². The van der Waals surface area contributed by atoms with Crippen LogP contribution >= 0.6 is 0 Å². The number of rotatable bonds is 4. The molecule has 0 aliphatic heterocycles. The van der Waals surface area contributed by atoms with Crippen LogP contribution in [0.3, 0.4) is 0 Å². The largest absolute Gasteiger partial charge is 0.310 e. The molecule has 0 aromatic heterocycles. The van der Waals surface area contributed by atoms with Crippen LogP contribution in [0.15, 0.2) is 273 Å². The number of fused-ring (bicyclic) bond motifs is 25. The van der Waals surface area contributed by atoms with Crippen LogP contribution in [0, 0.1) is 0 Å². The third-order valence-corrected chi connectivity index (χ3v) is 17.4. The van der Waals surface area contributed by atoms with Crippen molar-refractivity contribution in [1.29, 1.82) is 0 Å². The molecule has 1 heteroatoms. The maximum Gasteiger partial charge on any atom is 0.0726 e. The predicted molar refractivity (Wildman–Crippen MR) is 323 cm³/mol. The molecule has 0 amide bonds. The highest BCUT2D eigenvalue weighted by molar-refractivity contribution is 6.27. The maximum absolute atomic E-state index is 2.60. The molecule has 0 saturated carbocycles. The second-order valence-electron chi connectivity index (χ2n) is 21.0. The fraction of sp³-hybridized carbons (Fsp3) is 0.0133. The molecule has 0 N–H and O–H groups in total. The number of hydrogen-bond acceptors (Lipinski definition) is 1. The Morgan fingerprint density at radius 1 is 0.211 bits per heavy atom. The number of hydrogen-bond donors (Lipinski definition) is 0. The Hall–Kier alpha value is -9.82. The highest BCUT2D eigenvalue weighted by Gasteiger charge is 2.52. The normalized spacial score (nSPS) is 13.1. The van der Waals surface area contributed by atoms with Gasteiger partial charge in [0.15, 0.2) is 0 Å². The van der Waals surface area contributed by atoms with Gasteiger partial charge < -0.3 is 4.90 Å². The standard InChI is InChI=1S/C75H45N/c1-2-18-51-46(17-1)33-34-47-41-49(36-39-52(47)51)76(50-37-40-62-58-24-6-4-20-54(58)56-22-8-10-26-60(56)68(62)43-50)74-45-73-69(65-29-13-16-32-72(65)75(73)70-30-14-11-27-63(70)64-28-12-15-31-71(64)75)44-66(74)48-35-38-61-57-23-5-3-19-53(57)55-21-7-9-25-59(55)67(61)42-48/h1-45H. The van der Waals surface area contributed by atoms with E-state index < -0.39 is 5.41 Å². The smallest absolute Gasteiger partial charge is 0.0726 e. The van der Waals surface area contributed by atoms with Crippen molar-refractivity contribution in [3.63, 3.8) is 0 Å². The Morgan fingerprint density at radius 3 is 1.14 bits per heavy atom. The molecule has 0 bridgehead atoms. The molecule has 0 atom stereocenters. The fourth-order valence-corrected chi connectivity index (χ4v) is 14.2. The van der Waals surface area contributed by atoms with E-state index in [1.807, 2.05) is 0 Å². The summed E-state index contributed by atoms with van der Waals surface area (Å²) in [6.07, 6.45) is 0. The summed E-state index contributed by atoms with van der Waals surface area (Å²) in [6, 6.07) is 103. The van der Waals surface area contributed by atoms with Crippen LogP contribution in [0.2, 0.25) is 0 Å². The number of nitrogens with zero attached hydrogens (tertiary/aromatic N) is 1. The first-order valence-corrected chi connectivity index (χ1v) is 26.6. The van der Waals surface area contributed by atoms with Gasteiger partial charge in [0.1, 0.15) is 0 Å². The van der Waals surface area contributed by atoms with Crippen LogP contribution in [0.4, 0.5) is 17.1 Å². The van der Waals surface area contributed by atoms with Crippen LogP contribution in [0.5, 0.6) is 0 Å². The van der Waals surface area contributed by atoms with Gasteiger partial charge in [-0.2, -0.15) is 0 Å². The van der Waals surface area contributed by atoms with Gasteiger partial charge in [-0.1, -0.05) is 231 Å². The SMILES string of the molecule is c1ccc2c(c1)-c1ccccc1C21c2ccccc2-c2cc(-c3ccc4c5ccccc5c5ccccc5c4c3)c(N(c3ccc4c(ccc5ccccc54)c3)c3ccc4c5ccccc5c5ccccc5c4c3)cc21. The molecule has 0 radical (unpaired) electrons. The first kappa shape index (κ1) is 41.6. The van der Waals surface area contributed by atoms with Crippen molar-refractivity contribution < 1.29 is 0 Å². The van der Waals surface area contributed by atoms with Gasteiger partial charge >= 0.3 is 0 Å². The summed E-state index contributed by atoms with van der Waals surface area (Å²) in [5.74, 6) is 0. The minimum Gasteiger partial charge on any atom is -0.310 e. The van der Waals surface area contributed by atoms with E-state index in [2.05, 4.69) is 278 Å². The van der Waals surface area contributed by atoms with E-state index in [1.54, 1.807) is 0 Å². The van der Waals surface area contributed by atoms with Gasteiger partial charge in [-0.3, -0.25) is 0 Å². The van der Waals surface area contributed by atoms with E-state index in [1.165, 1.54) is 142 Å². The zero-order chi connectivity index (χ0) is 49.6. The van der Waals surface area contributed by atoms with Gasteiger partial charge in [-0.15, -0.1) is 0 Å². The van der Waals surface area contributed by atoms with E-state index in [9.17, 15) is 0 Å². The number of benzene rings is 15. The zero-order valence-electron chi connectivity index (χ0n) is 41.4. The van der Waals surface area contributed by atoms with Gasteiger partial charge in [0.05, 0.1) is 11.1 Å². The van der Waals surface area contributed by atoms with Crippen LogP contribution in [0.25, 0.3) is 120 Å². The fourth-order valence-electron chi connectivity index (χ4n) is 14.2. The Labute approximate surface area is 439 Å². The van der Waals surface area contributed by atoms with Crippen LogP contribution in [-0.4, -0.2) is 0 Å². The predicted octanol–water partition coefficient (Wildman–Crippen LogP) is 20.4. The topological polar surface area (TPSA) is 3.24 Å². The van der Waals surface area contributed by atoms with E-state index in [4.69, 9.17) is 0 Å². The van der Waals surface area contributed by atoms with Crippen molar-refractivity contribution in [2.75, 3.05) is 4.90 Å². The first-order chi connectivity index (χ1) is 37.7. The minimum absolute atomic E-state index is 0.544. The molecule has 15 aromatic carbocycles. The maximum atomic E-state index is 2.60. The Balaban J connectivity index is 1.03. The Morgan fingerprint density at radius 2 is 0.592 bits per heavy atom. The number of anilines is 3. The van der Waals surface area contributed by atoms with E-state index >= 15 is 0 Å². The molecule has 350 valence electrons. The lowest BCUT2D eigenvalue weighted by Gasteiger charge is -2.33. The van der Waals surface area contributed by atoms with E-state index in [-0.39, 0.29) is 0 Å². The Kier molecular flexibility index (Phi) is 8.55. The summed E-state index contributed by atoms with van der Waals surface area (Å²) in [4.78, 5) is 2.58. The van der Waals surface area contributed by atoms with Crippen molar-refractivity contribution in [3.05, 3.63) is 295 Å². The second kappa shape index (κ2) is 15.6. The van der Waals surface area contributed by atoms with E-state index in [0.717, 1.165) is 17.1 Å². The van der Waals surface area contributed by atoms with E-state index in [0.29, 0.717) is 0 Å². The summed E-state index contributed by atoms with van der Waals surface area (Å²) in [5.41, 5.74) is 15.6. The monoisotopic (exact) mass is 959 g/mol. The molecule has 15 aromatic rings. The molecule has 0 unspecified atom stereocenters. The molecule has 1 spiro atoms. The first-order valence-electron chi connectivity index (χ1n) is 26.6. The van der Waals surface area contributed by atoms with Gasteiger partial charge in [-0.25, -0.2) is 0 Å². The third-order valence-electron chi connectivity index (χ3n) is 17.4. The zero-order valence-corrected chi connectivity index (χ0v) is 41.4. The van der Waals surface area contributed by atoms with Gasteiger partial charge in [0.25, 0.3) is 0 Å². The summed E-state index contributed by atoms with van der Waals surface area (Å²) < 4.78 is 0. The van der Waals surface area contributed by atoms with Crippen LogP contribution in [0.1, 0.15) is 22.3 Å². The molecule has 76 heavy (non-hydrogen) atoms. The average molecular weight is 960 g/mol. The molecular weight excluding hydrogens is 915 g/mol. The molecule has 0 saturated heterocycles. The summed E-state index contributed by atoms with van der Waals surface area (Å²) in [7, 11) is 0. The average Bonchev–Trinajstić information content (AvgIpc) is 4.18. The summed E-state index contributed by atoms with van der Waals surface area (Å²) in [5, 5.41) is 20.1. The van der Waals surface area contributed by atoms with Crippen molar-refractivity contribution in [2.24, 2.45) is 0 Å². The lowest BCUT2D eigenvalue weighted by molar-refractivity contribution is 0.794. The molecule has 2 aliphatic rings. The minimum atomic E-state index is -0.544. The van der Waals surface area contributed by atoms with Gasteiger partial charge in [0.2, 0.25) is 0 Å². The Bertz CT molecular complexity index is 4900. The summed E-state index contributed by atoms with van der Waals surface area (Å²) >= 11 is 0. The van der Waals surface area contributed by atoms with Crippen molar-refractivity contribution in [1.82, 2.24) is 0 Å². The van der Waals surface area contributed by atoms with Crippen LogP contribution < -0.4 is 4.90 Å². The van der Waals surface area contributed by atoms with Crippen molar-refractivity contribution in [2.45, 2.75) is 5.41 Å². The third kappa shape index (κ3) is 5.58. The lowest BCUT2D eigenvalue weighted by Crippen LogP contribution is -2.26. The molecule has 0 fully saturated rings.